The number of carbonyl (C=O) groups excluding carboxylic acids is 1. The number of aromatic nitrogens is 2. The van der Waals surface area contributed by atoms with Crippen LogP contribution in [0, 0.1) is 0 Å². The van der Waals surface area contributed by atoms with Gasteiger partial charge < -0.3 is 20.0 Å². The van der Waals surface area contributed by atoms with Crippen molar-refractivity contribution in [3.63, 3.8) is 0 Å². The van der Waals surface area contributed by atoms with Crippen molar-refractivity contribution in [2.24, 2.45) is 0 Å². The molecule has 0 aliphatic carbocycles. The standard InChI is InChI=1S/C19H22N4O5/c1-3-19-11-23(27-2)14(15(19)24)17(28-19)22-10-9-13(21-18(22)26)20-16(25)12-7-5-4-6-8-12/h4-10,14-15,17,24H,3,11H2,1-2H3,(H,20,21,25,26)/t14-,15+,17-,19+/m1/s1. The maximum Gasteiger partial charge on any atom is 0.351 e. The van der Waals surface area contributed by atoms with Crippen molar-refractivity contribution in [3.8, 4) is 0 Å². The molecule has 1 aromatic carbocycles. The van der Waals surface area contributed by atoms with Crippen LogP contribution in [0.25, 0.3) is 0 Å². The first-order chi connectivity index (χ1) is 13.5. The predicted molar refractivity (Wildman–Crippen MR) is 99.5 cm³/mol. The zero-order chi connectivity index (χ0) is 19.9. The molecule has 28 heavy (non-hydrogen) atoms. The summed E-state index contributed by atoms with van der Waals surface area (Å²) in [5, 5.41) is 14.9. The molecular weight excluding hydrogens is 364 g/mol. The number of benzene rings is 1. The molecule has 2 aliphatic heterocycles. The van der Waals surface area contributed by atoms with E-state index in [1.54, 1.807) is 29.3 Å². The third-order valence-corrected chi connectivity index (χ3v) is 5.48. The minimum atomic E-state index is -0.787. The highest BCUT2D eigenvalue weighted by Gasteiger charge is 2.63. The molecule has 1 amide bonds. The van der Waals surface area contributed by atoms with E-state index in [9.17, 15) is 14.7 Å². The number of morpholine rings is 1. The van der Waals surface area contributed by atoms with Gasteiger partial charge in [-0.1, -0.05) is 25.1 Å². The normalized spacial score (nSPS) is 29.2. The Balaban J connectivity index is 1.57. The maximum atomic E-state index is 12.6. The average molecular weight is 386 g/mol. The van der Waals surface area contributed by atoms with Crippen LogP contribution in [0.3, 0.4) is 0 Å². The Labute approximate surface area is 161 Å². The highest BCUT2D eigenvalue weighted by Crippen LogP contribution is 2.47. The molecule has 0 saturated carbocycles. The largest absolute Gasteiger partial charge is 0.388 e. The first kappa shape index (κ1) is 18.8. The Morgan fingerprint density at radius 3 is 2.75 bits per heavy atom. The molecule has 2 N–H and O–H groups in total. The molecule has 4 atom stereocenters. The fraction of sp³-hybridized carbons (Fsp3) is 0.421. The topological polar surface area (TPSA) is 106 Å². The Kier molecular flexibility index (Phi) is 4.76. The number of aliphatic hydroxyl groups excluding tert-OH is 1. The third-order valence-electron chi connectivity index (χ3n) is 5.48. The first-order valence-electron chi connectivity index (χ1n) is 9.11. The number of nitrogens with zero attached hydrogens (tertiary/aromatic N) is 3. The van der Waals surface area contributed by atoms with E-state index in [0.717, 1.165) is 0 Å². The van der Waals surface area contributed by atoms with E-state index in [0.29, 0.717) is 18.5 Å². The molecular formula is C19H22N4O5. The van der Waals surface area contributed by atoms with Crippen LogP contribution in [-0.4, -0.2) is 57.0 Å². The molecule has 2 aromatic rings. The SMILES string of the molecule is CC[C@@]12CN(OC)[C@@H]([C@H](n3ccc(NC(=O)c4ccccc4)nc3=O)O1)[C@@H]2O. The summed E-state index contributed by atoms with van der Waals surface area (Å²) in [5.41, 5.74) is -0.906. The zero-order valence-corrected chi connectivity index (χ0v) is 15.6. The third kappa shape index (κ3) is 2.92. The van der Waals surface area contributed by atoms with Crippen molar-refractivity contribution in [1.29, 1.82) is 0 Å². The molecule has 4 rings (SSSR count). The quantitative estimate of drug-likeness (QED) is 0.782. The summed E-state index contributed by atoms with van der Waals surface area (Å²) in [6.45, 7) is 2.35. The number of hydrogen-bond acceptors (Lipinski definition) is 7. The Bertz CT molecular complexity index is 933. The fourth-order valence-corrected chi connectivity index (χ4v) is 3.91. The summed E-state index contributed by atoms with van der Waals surface area (Å²) in [5.74, 6) is -0.208. The van der Waals surface area contributed by atoms with Crippen molar-refractivity contribution >= 4 is 11.7 Å². The van der Waals surface area contributed by atoms with Gasteiger partial charge in [0.15, 0.2) is 6.23 Å². The maximum absolute atomic E-state index is 12.6. The summed E-state index contributed by atoms with van der Waals surface area (Å²) >= 11 is 0. The van der Waals surface area contributed by atoms with Gasteiger partial charge in [0.05, 0.1) is 13.7 Å². The molecule has 1 aromatic heterocycles. The van der Waals surface area contributed by atoms with E-state index < -0.39 is 29.7 Å². The van der Waals surface area contributed by atoms with Crippen LogP contribution in [0.4, 0.5) is 5.82 Å². The number of anilines is 1. The number of rotatable bonds is 5. The van der Waals surface area contributed by atoms with Gasteiger partial charge in [-0.15, -0.1) is 0 Å². The molecule has 9 nitrogen and oxygen atoms in total. The van der Waals surface area contributed by atoms with Gasteiger partial charge in [0.1, 0.15) is 23.6 Å². The van der Waals surface area contributed by atoms with Crippen LogP contribution >= 0.6 is 0 Å². The molecule has 2 fully saturated rings. The second kappa shape index (κ2) is 7.10. The van der Waals surface area contributed by atoms with E-state index in [1.165, 1.54) is 23.9 Å². The highest BCUT2D eigenvalue weighted by atomic mass is 16.7. The molecule has 148 valence electrons. The zero-order valence-electron chi connectivity index (χ0n) is 15.6. The second-order valence-corrected chi connectivity index (χ2v) is 6.94. The Hall–Kier alpha value is -2.59. The number of nitrogens with one attached hydrogen (secondary N) is 1. The van der Waals surface area contributed by atoms with E-state index in [2.05, 4.69) is 10.3 Å². The van der Waals surface area contributed by atoms with Crippen LogP contribution in [0.5, 0.6) is 0 Å². The summed E-state index contributed by atoms with van der Waals surface area (Å²) in [7, 11) is 1.52. The molecule has 3 heterocycles. The smallest absolute Gasteiger partial charge is 0.351 e. The molecule has 2 aliphatic rings. The van der Waals surface area contributed by atoms with Crippen LogP contribution in [0.2, 0.25) is 0 Å². The summed E-state index contributed by atoms with van der Waals surface area (Å²) in [6.07, 6.45) is 0.564. The second-order valence-electron chi connectivity index (χ2n) is 6.94. The molecule has 9 heteroatoms. The lowest BCUT2D eigenvalue weighted by Gasteiger charge is -2.35. The van der Waals surface area contributed by atoms with Crippen LogP contribution < -0.4 is 11.0 Å². The lowest BCUT2D eigenvalue weighted by molar-refractivity contribution is -0.235. The lowest BCUT2D eigenvalue weighted by Crippen LogP contribution is -2.47. The van der Waals surface area contributed by atoms with E-state index >= 15 is 0 Å². The molecule has 0 unspecified atom stereocenters. The van der Waals surface area contributed by atoms with E-state index in [1.807, 2.05) is 13.0 Å². The number of amides is 1. The van der Waals surface area contributed by atoms with Gasteiger partial charge in [-0.05, 0) is 24.6 Å². The lowest BCUT2D eigenvalue weighted by atomic mass is 9.96. The van der Waals surface area contributed by atoms with E-state index in [-0.39, 0.29) is 11.7 Å². The van der Waals surface area contributed by atoms with Gasteiger partial charge in [0, 0.05) is 11.8 Å². The molecule has 2 saturated heterocycles. The predicted octanol–water partition coefficient (Wildman–Crippen LogP) is 0.780. The minimum absolute atomic E-state index is 0.146. The highest BCUT2D eigenvalue weighted by molar-refractivity contribution is 6.03. The van der Waals surface area contributed by atoms with Crippen LogP contribution in [0.15, 0.2) is 47.4 Å². The Morgan fingerprint density at radius 2 is 2.14 bits per heavy atom. The number of carbonyl (C=O) groups is 1. The molecule has 0 spiro atoms. The van der Waals surface area contributed by atoms with Crippen molar-refractivity contribution in [2.75, 3.05) is 19.0 Å². The summed E-state index contributed by atoms with van der Waals surface area (Å²) < 4.78 is 7.38. The van der Waals surface area contributed by atoms with Crippen molar-refractivity contribution in [3.05, 3.63) is 58.6 Å². The van der Waals surface area contributed by atoms with Crippen LogP contribution in [0.1, 0.15) is 29.9 Å². The van der Waals surface area contributed by atoms with Crippen molar-refractivity contribution < 1.29 is 19.5 Å². The summed E-state index contributed by atoms with van der Waals surface area (Å²) in [4.78, 5) is 34.1. The minimum Gasteiger partial charge on any atom is -0.388 e. The Morgan fingerprint density at radius 1 is 1.39 bits per heavy atom. The number of aliphatic hydroxyl groups is 1. The van der Waals surface area contributed by atoms with Crippen molar-refractivity contribution in [2.45, 2.75) is 37.3 Å². The van der Waals surface area contributed by atoms with Crippen LogP contribution in [-0.2, 0) is 9.57 Å². The fourth-order valence-electron chi connectivity index (χ4n) is 3.91. The number of hydroxylamine groups is 2. The molecule has 2 bridgehead atoms. The van der Waals surface area contributed by atoms with E-state index in [4.69, 9.17) is 9.57 Å². The average Bonchev–Trinajstić information content (AvgIpc) is 3.16. The van der Waals surface area contributed by atoms with Gasteiger partial charge in [-0.25, -0.2) is 4.79 Å². The van der Waals surface area contributed by atoms with Gasteiger partial charge in [0.2, 0.25) is 0 Å². The summed E-state index contributed by atoms with van der Waals surface area (Å²) in [6, 6.07) is 9.67. The van der Waals surface area contributed by atoms with Gasteiger partial charge in [-0.2, -0.15) is 10.0 Å². The van der Waals surface area contributed by atoms with Gasteiger partial charge >= 0.3 is 5.69 Å². The number of fused-ring (bicyclic) bond motifs is 2. The van der Waals surface area contributed by atoms with Gasteiger partial charge in [0.25, 0.3) is 5.91 Å². The number of ether oxygens (including phenoxy) is 1. The molecule has 0 radical (unpaired) electrons. The monoisotopic (exact) mass is 386 g/mol. The first-order valence-corrected chi connectivity index (χ1v) is 9.11. The number of hydrogen-bond donors (Lipinski definition) is 2. The van der Waals surface area contributed by atoms with Gasteiger partial charge in [-0.3, -0.25) is 9.36 Å². The van der Waals surface area contributed by atoms with Crippen molar-refractivity contribution in [1.82, 2.24) is 14.6 Å².